The van der Waals surface area contributed by atoms with E-state index < -0.39 is 0 Å². The Morgan fingerprint density at radius 1 is 1.50 bits per heavy atom. The van der Waals surface area contributed by atoms with Crippen LogP contribution in [0.15, 0.2) is 0 Å². The van der Waals surface area contributed by atoms with Crippen molar-refractivity contribution in [3.63, 3.8) is 0 Å². The number of ether oxygens (including phenoxy) is 1. The monoisotopic (exact) mass is 145 g/mol. The van der Waals surface area contributed by atoms with Crippen LogP contribution in [0, 0.1) is 0 Å². The number of hydrogen-bond acceptors (Lipinski definition) is 2. The fourth-order valence-corrected chi connectivity index (χ4v) is 0.459. The maximum Gasteiger partial charge on any atom is 0.0624 e. The predicted octanol–water partition coefficient (Wildman–Crippen LogP) is 1.54. The summed E-state index contributed by atoms with van der Waals surface area (Å²) in [5, 5.41) is 0. The molecule has 0 heterocycles. The van der Waals surface area contributed by atoms with Gasteiger partial charge in [0, 0.05) is 6.04 Å². The second-order valence-electron chi connectivity index (χ2n) is 3.40. The van der Waals surface area contributed by atoms with E-state index in [1.54, 1.807) is 0 Å². The highest BCUT2D eigenvalue weighted by atomic mass is 16.5. The number of rotatable bonds is 4. The van der Waals surface area contributed by atoms with Gasteiger partial charge >= 0.3 is 0 Å². The predicted molar refractivity (Wildman–Crippen MR) is 44.0 cm³/mol. The van der Waals surface area contributed by atoms with Crippen LogP contribution >= 0.6 is 0 Å². The van der Waals surface area contributed by atoms with Gasteiger partial charge in [-0.15, -0.1) is 0 Å². The first-order valence-corrected chi connectivity index (χ1v) is 3.87. The Kier molecular flexibility index (Phi) is 3.91. The molecule has 0 aromatic rings. The summed E-state index contributed by atoms with van der Waals surface area (Å²) in [5.41, 5.74) is 5.52. The first-order valence-electron chi connectivity index (χ1n) is 3.87. The Labute approximate surface area is 63.7 Å². The van der Waals surface area contributed by atoms with Crippen molar-refractivity contribution in [1.82, 2.24) is 0 Å². The molecule has 0 rings (SSSR count). The van der Waals surface area contributed by atoms with Crippen LogP contribution in [0.25, 0.3) is 0 Å². The number of hydrogen-bond donors (Lipinski definition) is 1. The molecule has 10 heavy (non-hydrogen) atoms. The van der Waals surface area contributed by atoms with Crippen molar-refractivity contribution in [1.29, 1.82) is 0 Å². The third kappa shape index (κ3) is 4.77. The SMILES string of the molecule is CCC(C)(C)OC[C@H](C)N. The second-order valence-corrected chi connectivity index (χ2v) is 3.40. The van der Waals surface area contributed by atoms with Crippen LogP contribution in [0.4, 0.5) is 0 Å². The molecule has 0 spiro atoms. The molecule has 62 valence electrons. The van der Waals surface area contributed by atoms with E-state index >= 15 is 0 Å². The van der Waals surface area contributed by atoms with Gasteiger partial charge < -0.3 is 10.5 Å². The van der Waals surface area contributed by atoms with Gasteiger partial charge in [0.1, 0.15) is 0 Å². The van der Waals surface area contributed by atoms with E-state index in [4.69, 9.17) is 10.5 Å². The van der Waals surface area contributed by atoms with E-state index in [2.05, 4.69) is 20.8 Å². The Bertz CT molecular complexity index is 89.3. The van der Waals surface area contributed by atoms with E-state index in [9.17, 15) is 0 Å². The van der Waals surface area contributed by atoms with Crippen molar-refractivity contribution in [3.8, 4) is 0 Å². The molecule has 0 radical (unpaired) electrons. The Morgan fingerprint density at radius 2 is 2.00 bits per heavy atom. The van der Waals surface area contributed by atoms with E-state index in [0.717, 1.165) is 6.42 Å². The molecule has 0 unspecified atom stereocenters. The van der Waals surface area contributed by atoms with Gasteiger partial charge in [-0.3, -0.25) is 0 Å². The van der Waals surface area contributed by atoms with Crippen LogP contribution in [0.1, 0.15) is 34.1 Å². The fourth-order valence-electron chi connectivity index (χ4n) is 0.459. The Hall–Kier alpha value is -0.0800. The summed E-state index contributed by atoms with van der Waals surface area (Å²) in [6, 6.07) is 0.144. The van der Waals surface area contributed by atoms with Gasteiger partial charge in [0.05, 0.1) is 12.2 Å². The van der Waals surface area contributed by atoms with Gasteiger partial charge in [0.2, 0.25) is 0 Å². The lowest BCUT2D eigenvalue weighted by atomic mass is 10.1. The molecule has 2 N–H and O–H groups in total. The molecule has 0 aromatic carbocycles. The molecular weight excluding hydrogens is 126 g/mol. The van der Waals surface area contributed by atoms with Gasteiger partial charge in [-0.05, 0) is 27.2 Å². The molecule has 2 heteroatoms. The topological polar surface area (TPSA) is 35.2 Å². The van der Waals surface area contributed by atoms with Crippen LogP contribution in [-0.4, -0.2) is 18.2 Å². The number of nitrogens with two attached hydrogens (primary N) is 1. The Balaban J connectivity index is 3.46. The van der Waals surface area contributed by atoms with Crippen LogP contribution in [0.5, 0.6) is 0 Å². The van der Waals surface area contributed by atoms with Crippen molar-refractivity contribution in [2.24, 2.45) is 5.73 Å². The van der Waals surface area contributed by atoms with E-state index in [-0.39, 0.29) is 11.6 Å². The molecule has 1 atom stereocenters. The summed E-state index contributed by atoms with van der Waals surface area (Å²) < 4.78 is 5.52. The molecule has 0 aliphatic carbocycles. The molecule has 2 nitrogen and oxygen atoms in total. The van der Waals surface area contributed by atoms with Crippen LogP contribution < -0.4 is 5.73 Å². The minimum Gasteiger partial charge on any atom is -0.374 e. The van der Waals surface area contributed by atoms with Gasteiger partial charge in [0.15, 0.2) is 0 Å². The van der Waals surface area contributed by atoms with E-state index in [0.29, 0.717) is 6.61 Å². The zero-order valence-corrected chi connectivity index (χ0v) is 7.48. The first kappa shape index (κ1) is 9.92. The minimum absolute atomic E-state index is 0.00632. The molecule has 0 saturated heterocycles. The lowest BCUT2D eigenvalue weighted by Crippen LogP contribution is -2.31. The lowest BCUT2D eigenvalue weighted by molar-refractivity contribution is -0.0246. The molecular formula is C8H19NO. The van der Waals surface area contributed by atoms with Crippen LogP contribution in [0.2, 0.25) is 0 Å². The molecule has 0 aromatic heterocycles. The molecule has 0 bridgehead atoms. The van der Waals surface area contributed by atoms with Crippen molar-refractivity contribution < 1.29 is 4.74 Å². The average molecular weight is 145 g/mol. The smallest absolute Gasteiger partial charge is 0.0624 e. The lowest BCUT2D eigenvalue weighted by Gasteiger charge is -2.24. The van der Waals surface area contributed by atoms with Crippen molar-refractivity contribution >= 4 is 0 Å². The largest absolute Gasteiger partial charge is 0.374 e. The summed E-state index contributed by atoms with van der Waals surface area (Å²) in [6.45, 7) is 8.87. The van der Waals surface area contributed by atoms with Gasteiger partial charge in [0.25, 0.3) is 0 Å². The van der Waals surface area contributed by atoms with E-state index in [1.165, 1.54) is 0 Å². The zero-order chi connectivity index (χ0) is 8.20. The highest BCUT2D eigenvalue weighted by Gasteiger charge is 2.15. The molecule has 0 aliphatic heterocycles. The summed E-state index contributed by atoms with van der Waals surface area (Å²) in [7, 11) is 0. The highest BCUT2D eigenvalue weighted by molar-refractivity contribution is 4.66. The maximum atomic E-state index is 5.53. The summed E-state index contributed by atoms with van der Waals surface area (Å²) in [4.78, 5) is 0. The van der Waals surface area contributed by atoms with Gasteiger partial charge in [-0.25, -0.2) is 0 Å². The molecule has 0 fully saturated rings. The van der Waals surface area contributed by atoms with Crippen LogP contribution in [0.3, 0.4) is 0 Å². The molecule has 0 amide bonds. The third-order valence-corrected chi connectivity index (χ3v) is 1.59. The Morgan fingerprint density at radius 3 is 2.30 bits per heavy atom. The zero-order valence-electron chi connectivity index (χ0n) is 7.48. The van der Waals surface area contributed by atoms with Crippen LogP contribution in [-0.2, 0) is 4.74 Å². The van der Waals surface area contributed by atoms with Crippen molar-refractivity contribution in [2.75, 3.05) is 6.61 Å². The van der Waals surface area contributed by atoms with Crippen molar-refractivity contribution in [2.45, 2.75) is 45.8 Å². The molecule has 0 aliphatic rings. The summed E-state index contributed by atoms with van der Waals surface area (Å²) in [5.74, 6) is 0. The van der Waals surface area contributed by atoms with Gasteiger partial charge in [-0.1, -0.05) is 6.92 Å². The second kappa shape index (κ2) is 3.94. The van der Waals surface area contributed by atoms with E-state index in [1.807, 2.05) is 6.92 Å². The highest BCUT2D eigenvalue weighted by Crippen LogP contribution is 2.12. The third-order valence-electron chi connectivity index (χ3n) is 1.59. The molecule has 0 saturated carbocycles. The minimum atomic E-state index is -0.00632. The first-order chi connectivity index (χ1) is 4.48. The maximum absolute atomic E-state index is 5.53. The van der Waals surface area contributed by atoms with Crippen molar-refractivity contribution in [3.05, 3.63) is 0 Å². The average Bonchev–Trinajstić information content (AvgIpc) is 1.85. The summed E-state index contributed by atoms with van der Waals surface area (Å²) in [6.07, 6.45) is 1.03. The quantitative estimate of drug-likeness (QED) is 0.651. The standard InChI is InChI=1S/C8H19NO/c1-5-8(3,4)10-6-7(2)9/h7H,5-6,9H2,1-4H3/t7-/m0/s1. The van der Waals surface area contributed by atoms with Gasteiger partial charge in [-0.2, -0.15) is 0 Å². The fraction of sp³-hybridized carbons (Fsp3) is 1.00. The normalized spacial score (nSPS) is 15.3. The summed E-state index contributed by atoms with van der Waals surface area (Å²) >= 11 is 0.